The Labute approximate surface area is 164 Å². The van der Waals surface area contributed by atoms with Gasteiger partial charge in [0.15, 0.2) is 5.82 Å². The molecule has 28 heavy (non-hydrogen) atoms. The van der Waals surface area contributed by atoms with Gasteiger partial charge in [-0.1, -0.05) is 17.3 Å². The van der Waals surface area contributed by atoms with Gasteiger partial charge in [0.05, 0.1) is 7.11 Å². The van der Waals surface area contributed by atoms with E-state index in [1.807, 2.05) is 24.3 Å². The fourth-order valence-electron chi connectivity index (χ4n) is 3.57. The Kier molecular flexibility index (Phi) is 6.68. The molecule has 150 valence electrons. The number of nitrogens with zero attached hydrogens (tertiary/aromatic N) is 1. The quantitative estimate of drug-likeness (QED) is 0.764. The average Bonchev–Trinajstić information content (AvgIpc) is 3.12. The number of hydrogen-bond acceptors (Lipinski definition) is 5. The number of carbonyl (C=O) groups is 2. The lowest BCUT2D eigenvalue weighted by Crippen LogP contribution is -2.36. The van der Waals surface area contributed by atoms with Crippen LogP contribution in [0.3, 0.4) is 0 Å². The summed E-state index contributed by atoms with van der Waals surface area (Å²) >= 11 is 0. The maximum atomic E-state index is 12.4. The topological polar surface area (TPSA) is 93.5 Å². The monoisotopic (exact) mass is 385 g/mol. The molecule has 1 aliphatic carbocycles. The van der Waals surface area contributed by atoms with Crippen LogP contribution in [0, 0.1) is 18.8 Å². The highest BCUT2D eigenvalue weighted by atomic mass is 16.5. The molecule has 3 rings (SSSR count). The van der Waals surface area contributed by atoms with Crippen molar-refractivity contribution in [3.63, 3.8) is 0 Å². The van der Waals surface area contributed by atoms with Gasteiger partial charge in [-0.25, -0.2) is 0 Å². The van der Waals surface area contributed by atoms with E-state index < -0.39 is 0 Å². The van der Waals surface area contributed by atoms with E-state index >= 15 is 0 Å². The zero-order chi connectivity index (χ0) is 19.9. The predicted molar refractivity (Wildman–Crippen MR) is 105 cm³/mol. The number of nitrogens with one attached hydrogen (secondary N) is 2. The van der Waals surface area contributed by atoms with Crippen molar-refractivity contribution >= 4 is 17.6 Å². The van der Waals surface area contributed by atoms with Crippen molar-refractivity contribution in [3.8, 4) is 5.75 Å². The third-order valence-corrected chi connectivity index (χ3v) is 5.20. The molecule has 1 aromatic carbocycles. The summed E-state index contributed by atoms with van der Waals surface area (Å²) in [5, 5.41) is 9.59. The molecule has 1 aliphatic rings. The molecule has 0 atom stereocenters. The van der Waals surface area contributed by atoms with Crippen molar-refractivity contribution in [3.05, 3.63) is 41.7 Å². The molecule has 1 heterocycles. The molecular weight excluding hydrogens is 358 g/mol. The van der Waals surface area contributed by atoms with Crippen molar-refractivity contribution in [2.24, 2.45) is 11.8 Å². The molecule has 0 saturated heterocycles. The summed E-state index contributed by atoms with van der Waals surface area (Å²) in [4.78, 5) is 24.8. The summed E-state index contributed by atoms with van der Waals surface area (Å²) in [5.41, 5.74) is 1.13. The van der Waals surface area contributed by atoms with Crippen LogP contribution in [-0.4, -0.2) is 30.6 Å². The maximum Gasteiger partial charge on any atom is 0.228 e. The second-order valence-corrected chi connectivity index (χ2v) is 7.25. The van der Waals surface area contributed by atoms with Crippen molar-refractivity contribution < 1.29 is 18.8 Å². The van der Waals surface area contributed by atoms with Crippen LogP contribution in [0.2, 0.25) is 0 Å². The minimum atomic E-state index is -0.0853. The fraction of sp³-hybridized carbons (Fsp3) is 0.476. The second kappa shape index (κ2) is 9.39. The van der Waals surface area contributed by atoms with Crippen LogP contribution in [0.15, 0.2) is 34.9 Å². The molecule has 7 heteroatoms. The molecule has 0 radical (unpaired) electrons. The number of rotatable bonds is 7. The van der Waals surface area contributed by atoms with Crippen LogP contribution < -0.4 is 15.4 Å². The highest BCUT2D eigenvalue weighted by molar-refractivity contribution is 5.91. The molecular formula is C21H27N3O4. The number of aromatic nitrogens is 1. The van der Waals surface area contributed by atoms with Gasteiger partial charge in [-0.3, -0.25) is 9.59 Å². The van der Waals surface area contributed by atoms with Gasteiger partial charge in [-0.05, 0) is 56.7 Å². The molecule has 2 N–H and O–H groups in total. The first-order chi connectivity index (χ1) is 13.5. The fourth-order valence-corrected chi connectivity index (χ4v) is 3.57. The smallest absolute Gasteiger partial charge is 0.228 e. The van der Waals surface area contributed by atoms with Crippen LogP contribution in [-0.2, 0) is 16.0 Å². The number of methoxy groups -OCH3 is 1. The first-order valence-corrected chi connectivity index (χ1v) is 9.70. The first-order valence-electron chi connectivity index (χ1n) is 9.70. The predicted octanol–water partition coefficient (Wildman–Crippen LogP) is 3.10. The van der Waals surface area contributed by atoms with E-state index in [-0.39, 0.29) is 23.7 Å². The second-order valence-electron chi connectivity index (χ2n) is 7.25. The zero-order valence-corrected chi connectivity index (χ0v) is 16.4. The summed E-state index contributed by atoms with van der Waals surface area (Å²) in [6.07, 6.45) is 3.62. The van der Waals surface area contributed by atoms with E-state index in [4.69, 9.17) is 9.26 Å². The van der Waals surface area contributed by atoms with Gasteiger partial charge in [0.25, 0.3) is 0 Å². The van der Waals surface area contributed by atoms with Gasteiger partial charge >= 0.3 is 0 Å². The number of aryl methyl sites for hydroxylation is 1. The van der Waals surface area contributed by atoms with Crippen LogP contribution >= 0.6 is 0 Å². The molecule has 0 aliphatic heterocycles. The number of carbonyl (C=O) groups excluding carboxylic acids is 2. The lowest BCUT2D eigenvalue weighted by atomic mass is 9.81. The third kappa shape index (κ3) is 5.34. The maximum absolute atomic E-state index is 12.4. The number of hydrogen-bond donors (Lipinski definition) is 2. The molecule has 2 amide bonds. The van der Waals surface area contributed by atoms with E-state index in [1.165, 1.54) is 0 Å². The standard InChI is InChI=1S/C21H27N3O4/c1-14-12-19(24-28-14)23-21(26)17-8-6-16(7-9-17)20(25)22-11-10-15-4-3-5-18(13-15)27-2/h3-5,12-13,16-17H,6-11H2,1-2H3,(H,22,25)(H,23,24,26). The Bertz CT molecular complexity index is 809. The van der Waals surface area contributed by atoms with Crippen LogP contribution in [0.1, 0.15) is 37.0 Å². The molecule has 1 fully saturated rings. The molecule has 2 aromatic rings. The zero-order valence-electron chi connectivity index (χ0n) is 16.4. The van der Waals surface area contributed by atoms with Crippen molar-refractivity contribution in [1.82, 2.24) is 10.5 Å². The highest BCUT2D eigenvalue weighted by Crippen LogP contribution is 2.29. The van der Waals surface area contributed by atoms with Gasteiger partial charge in [0, 0.05) is 24.4 Å². The van der Waals surface area contributed by atoms with E-state index in [0.29, 0.717) is 31.0 Å². The Balaban J connectivity index is 1.39. The summed E-state index contributed by atoms with van der Waals surface area (Å²) in [6.45, 7) is 2.37. The lowest BCUT2D eigenvalue weighted by molar-refractivity contribution is -0.128. The average molecular weight is 385 g/mol. The largest absolute Gasteiger partial charge is 0.497 e. The number of amides is 2. The number of anilines is 1. The van der Waals surface area contributed by atoms with Crippen LogP contribution in [0.25, 0.3) is 0 Å². The van der Waals surface area contributed by atoms with E-state index in [1.54, 1.807) is 20.1 Å². The Morgan fingerprint density at radius 1 is 1.14 bits per heavy atom. The van der Waals surface area contributed by atoms with Crippen molar-refractivity contribution in [2.75, 3.05) is 19.0 Å². The molecule has 1 aromatic heterocycles. The first kappa shape index (κ1) is 19.9. The molecule has 0 spiro atoms. The lowest BCUT2D eigenvalue weighted by Gasteiger charge is -2.26. The normalized spacial score (nSPS) is 19.1. The van der Waals surface area contributed by atoms with Gasteiger partial charge in [-0.2, -0.15) is 0 Å². The minimum Gasteiger partial charge on any atom is -0.497 e. The Morgan fingerprint density at radius 2 is 1.86 bits per heavy atom. The Morgan fingerprint density at radius 3 is 2.50 bits per heavy atom. The van der Waals surface area contributed by atoms with Crippen molar-refractivity contribution in [1.29, 1.82) is 0 Å². The molecule has 0 unspecified atom stereocenters. The summed E-state index contributed by atoms with van der Waals surface area (Å²) in [6, 6.07) is 9.55. The summed E-state index contributed by atoms with van der Waals surface area (Å²) in [7, 11) is 1.64. The van der Waals surface area contributed by atoms with Gasteiger partial charge in [0.1, 0.15) is 11.5 Å². The van der Waals surface area contributed by atoms with Gasteiger partial charge < -0.3 is 19.9 Å². The van der Waals surface area contributed by atoms with Crippen LogP contribution in [0.4, 0.5) is 5.82 Å². The molecule has 7 nitrogen and oxygen atoms in total. The van der Waals surface area contributed by atoms with Crippen molar-refractivity contribution in [2.45, 2.75) is 39.0 Å². The summed E-state index contributed by atoms with van der Waals surface area (Å²) < 4.78 is 10.2. The SMILES string of the molecule is COc1cccc(CCNC(=O)C2CCC(C(=O)Nc3cc(C)on3)CC2)c1. The minimum absolute atomic E-state index is 0.0244. The van der Waals surface area contributed by atoms with E-state index in [0.717, 1.165) is 30.6 Å². The molecule has 0 bridgehead atoms. The third-order valence-electron chi connectivity index (χ3n) is 5.20. The number of benzene rings is 1. The molecule has 1 saturated carbocycles. The summed E-state index contributed by atoms with van der Waals surface area (Å²) in [5.74, 6) is 1.84. The van der Waals surface area contributed by atoms with Gasteiger partial charge in [-0.15, -0.1) is 0 Å². The highest BCUT2D eigenvalue weighted by Gasteiger charge is 2.30. The Hall–Kier alpha value is -2.83. The van der Waals surface area contributed by atoms with E-state index in [9.17, 15) is 9.59 Å². The number of ether oxygens (including phenoxy) is 1. The van der Waals surface area contributed by atoms with Crippen LogP contribution in [0.5, 0.6) is 5.75 Å². The van der Waals surface area contributed by atoms with Gasteiger partial charge in [0.2, 0.25) is 11.8 Å². The van der Waals surface area contributed by atoms with E-state index in [2.05, 4.69) is 15.8 Å².